The van der Waals surface area contributed by atoms with E-state index in [4.69, 9.17) is 23.8 Å². The summed E-state index contributed by atoms with van der Waals surface area (Å²) in [5, 5.41) is 3.80. The summed E-state index contributed by atoms with van der Waals surface area (Å²) >= 11 is 13.1. The highest BCUT2D eigenvalue weighted by atomic mass is 35.5. The van der Waals surface area contributed by atoms with Gasteiger partial charge < -0.3 is 9.88 Å². The fourth-order valence-corrected chi connectivity index (χ4v) is 5.14. The van der Waals surface area contributed by atoms with Crippen molar-refractivity contribution in [2.75, 3.05) is 5.32 Å². The Kier molecular flexibility index (Phi) is 3.59. The predicted octanol–water partition coefficient (Wildman–Crippen LogP) is 5.28. The van der Waals surface area contributed by atoms with Crippen molar-refractivity contribution in [3.63, 3.8) is 0 Å². The number of benzene rings is 1. The van der Waals surface area contributed by atoms with E-state index in [0.717, 1.165) is 39.5 Å². The van der Waals surface area contributed by atoms with Gasteiger partial charge in [-0.3, -0.25) is 4.79 Å². The Morgan fingerprint density at radius 1 is 1.23 bits per heavy atom. The first-order valence-corrected chi connectivity index (χ1v) is 9.07. The van der Waals surface area contributed by atoms with Crippen LogP contribution in [0.25, 0.3) is 10.4 Å². The second-order valence-corrected chi connectivity index (χ2v) is 7.95. The number of carbonyl (C=O) groups excluding carboxylic acids is 1. The van der Waals surface area contributed by atoms with Crippen molar-refractivity contribution in [1.29, 1.82) is 0 Å². The molecule has 2 aromatic rings. The minimum atomic E-state index is 0.0700. The molecule has 2 aliphatic rings. The van der Waals surface area contributed by atoms with Gasteiger partial charge in [0.1, 0.15) is 5.82 Å². The summed E-state index contributed by atoms with van der Waals surface area (Å²) < 4.78 is 3.02. The number of nitrogens with one attached hydrogen (secondary N) is 1. The average Bonchev–Trinajstić information content (AvgIpc) is 2.85. The second-order valence-electron chi connectivity index (χ2n) is 5.87. The molecule has 1 aromatic heterocycles. The van der Waals surface area contributed by atoms with E-state index in [1.54, 1.807) is 11.3 Å². The van der Waals surface area contributed by atoms with Crippen molar-refractivity contribution in [2.45, 2.75) is 31.7 Å². The number of nitrogens with zero attached hydrogens (tertiary/aromatic N) is 1. The molecule has 1 aliphatic carbocycles. The Morgan fingerprint density at radius 3 is 2.73 bits per heavy atom. The molecule has 4 rings (SSSR count). The van der Waals surface area contributed by atoms with E-state index in [9.17, 15) is 4.79 Å². The lowest BCUT2D eigenvalue weighted by molar-refractivity contribution is -0.123. The van der Waals surface area contributed by atoms with Crippen LogP contribution in [-0.2, 0) is 4.79 Å². The highest BCUT2D eigenvalue weighted by Crippen LogP contribution is 2.46. The van der Waals surface area contributed by atoms with Gasteiger partial charge in [0.25, 0.3) is 0 Å². The van der Waals surface area contributed by atoms with Crippen LogP contribution in [0.3, 0.4) is 0 Å². The number of anilines is 1. The Bertz CT molecular complexity index is 793. The Labute approximate surface area is 142 Å². The van der Waals surface area contributed by atoms with Gasteiger partial charge in [-0.1, -0.05) is 36.6 Å². The molecule has 2 heterocycles. The average molecular weight is 351 g/mol. The first-order valence-electron chi connectivity index (χ1n) is 7.47. The summed E-state index contributed by atoms with van der Waals surface area (Å²) in [6, 6.07) is 7.91. The lowest BCUT2D eigenvalue weighted by atomic mass is 9.82. The van der Waals surface area contributed by atoms with Gasteiger partial charge in [-0.05, 0) is 42.8 Å². The molecule has 1 aromatic carbocycles. The molecule has 114 valence electrons. The van der Waals surface area contributed by atoms with Crippen molar-refractivity contribution in [3.05, 3.63) is 33.2 Å². The highest BCUT2D eigenvalue weighted by molar-refractivity contribution is 7.73. The van der Waals surface area contributed by atoms with E-state index in [1.165, 1.54) is 6.42 Å². The molecule has 0 radical (unpaired) electrons. The van der Waals surface area contributed by atoms with Crippen LogP contribution >= 0.6 is 35.2 Å². The molecule has 1 N–H and O–H groups in total. The Morgan fingerprint density at radius 2 is 1.95 bits per heavy atom. The normalized spacial score (nSPS) is 23.6. The topological polar surface area (TPSA) is 34.0 Å². The van der Waals surface area contributed by atoms with Crippen molar-refractivity contribution in [3.8, 4) is 10.4 Å². The van der Waals surface area contributed by atoms with E-state index in [-0.39, 0.29) is 17.9 Å². The van der Waals surface area contributed by atoms with E-state index in [2.05, 4.69) is 9.88 Å². The fourth-order valence-electron chi connectivity index (χ4n) is 3.54. The first-order chi connectivity index (χ1) is 10.6. The van der Waals surface area contributed by atoms with Crippen molar-refractivity contribution >= 4 is 46.9 Å². The van der Waals surface area contributed by atoms with Crippen molar-refractivity contribution in [1.82, 2.24) is 4.57 Å². The van der Waals surface area contributed by atoms with Gasteiger partial charge in [0.05, 0.1) is 10.8 Å². The van der Waals surface area contributed by atoms with Crippen molar-refractivity contribution in [2.24, 2.45) is 5.92 Å². The molecular formula is C16H15ClN2OS2. The molecule has 1 aliphatic heterocycles. The highest BCUT2D eigenvalue weighted by Gasteiger charge is 2.39. The molecule has 22 heavy (non-hydrogen) atoms. The monoisotopic (exact) mass is 350 g/mol. The van der Waals surface area contributed by atoms with Gasteiger partial charge in [0.15, 0.2) is 3.95 Å². The third kappa shape index (κ3) is 2.23. The molecular weight excluding hydrogens is 336 g/mol. The number of hydrogen-bond donors (Lipinski definition) is 1. The number of fused-ring (bicyclic) bond motifs is 3. The fraction of sp³-hybridized carbons (Fsp3) is 0.375. The van der Waals surface area contributed by atoms with E-state index >= 15 is 0 Å². The Balaban J connectivity index is 1.86. The lowest BCUT2D eigenvalue weighted by Crippen LogP contribution is -2.39. The maximum Gasteiger partial charge on any atom is 0.230 e. The summed E-state index contributed by atoms with van der Waals surface area (Å²) in [6.45, 7) is 0. The van der Waals surface area contributed by atoms with Crippen LogP contribution in [0.1, 0.15) is 31.7 Å². The second kappa shape index (κ2) is 5.48. The van der Waals surface area contributed by atoms with Crippen LogP contribution in [0.4, 0.5) is 5.82 Å². The summed E-state index contributed by atoms with van der Waals surface area (Å²) in [5.74, 6) is 1.08. The number of thiazole rings is 1. The van der Waals surface area contributed by atoms with Gasteiger partial charge in [-0.25, -0.2) is 0 Å². The Hall–Kier alpha value is -1.17. The van der Waals surface area contributed by atoms with Gasteiger partial charge in [-0.2, -0.15) is 0 Å². The quantitative estimate of drug-likeness (QED) is 0.709. The standard InChI is InChI=1S/C16H15ClN2OS2/c17-10-7-5-9(6-8-10)13-14-18-15(20)11-3-1-2-4-12(11)19(14)16(21)22-13/h5-8,11-12H,1-4H2,(H,18,20). The van der Waals surface area contributed by atoms with Crippen LogP contribution in [0.5, 0.6) is 0 Å². The molecule has 1 saturated carbocycles. The number of carbonyl (C=O) groups is 1. The van der Waals surface area contributed by atoms with Crippen LogP contribution in [0.15, 0.2) is 24.3 Å². The summed E-state index contributed by atoms with van der Waals surface area (Å²) in [5.41, 5.74) is 1.05. The van der Waals surface area contributed by atoms with Crippen LogP contribution in [0, 0.1) is 9.87 Å². The molecule has 3 nitrogen and oxygen atoms in total. The molecule has 2 unspecified atom stereocenters. The van der Waals surface area contributed by atoms with Crippen LogP contribution < -0.4 is 5.32 Å². The molecule has 6 heteroatoms. The SMILES string of the molecule is O=C1Nc2c(-c3ccc(Cl)cc3)sc(=S)n2C2CCCCC12. The van der Waals surface area contributed by atoms with Crippen LogP contribution in [-0.4, -0.2) is 10.5 Å². The zero-order valence-electron chi connectivity index (χ0n) is 11.8. The summed E-state index contributed by atoms with van der Waals surface area (Å²) in [4.78, 5) is 13.5. The van der Waals surface area contributed by atoms with Gasteiger partial charge in [-0.15, -0.1) is 11.3 Å². The predicted molar refractivity (Wildman–Crippen MR) is 93.2 cm³/mol. The smallest absolute Gasteiger partial charge is 0.230 e. The third-order valence-corrected chi connectivity index (χ3v) is 6.29. The van der Waals surface area contributed by atoms with Gasteiger partial charge in [0.2, 0.25) is 5.91 Å². The maximum absolute atomic E-state index is 12.5. The van der Waals surface area contributed by atoms with Gasteiger partial charge in [0, 0.05) is 11.1 Å². The molecule has 0 bridgehead atoms. The zero-order chi connectivity index (χ0) is 15.3. The zero-order valence-corrected chi connectivity index (χ0v) is 14.2. The largest absolute Gasteiger partial charge is 0.311 e. The third-order valence-electron chi connectivity index (χ3n) is 4.59. The molecule has 0 spiro atoms. The van der Waals surface area contributed by atoms with Gasteiger partial charge >= 0.3 is 0 Å². The van der Waals surface area contributed by atoms with Crippen LogP contribution in [0.2, 0.25) is 5.02 Å². The van der Waals surface area contributed by atoms with E-state index in [1.807, 2.05) is 24.3 Å². The first kappa shape index (κ1) is 14.4. The number of amides is 1. The number of hydrogen-bond acceptors (Lipinski definition) is 3. The molecule has 2 atom stereocenters. The minimum Gasteiger partial charge on any atom is -0.311 e. The van der Waals surface area contributed by atoms with Crippen molar-refractivity contribution < 1.29 is 4.79 Å². The lowest BCUT2D eigenvalue weighted by Gasteiger charge is -2.36. The van der Waals surface area contributed by atoms with E-state index < -0.39 is 0 Å². The summed E-state index contributed by atoms with van der Waals surface area (Å²) in [7, 11) is 0. The summed E-state index contributed by atoms with van der Waals surface area (Å²) in [6.07, 6.45) is 4.30. The minimum absolute atomic E-state index is 0.0700. The van der Waals surface area contributed by atoms with E-state index in [0.29, 0.717) is 5.02 Å². The number of halogens is 1. The molecule has 1 fully saturated rings. The molecule has 1 amide bonds. The maximum atomic E-state index is 12.5. The number of rotatable bonds is 1. The number of aromatic nitrogens is 1. The molecule has 0 saturated heterocycles.